The maximum Gasteiger partial charge on any atom is 0.145 e. The number of hydrogen-bond acceptors (Lipinski definition) is 3. The van der Waals surface area contributed by atoms with E-state index in [1.165, 1.54) is 5.56 Å². The highest BCUT2D eigenvalue weighted by molar-refractivity contribution is 9.10. The number of benzene rings is 1. The zero-order valence-corrected chi connectivity index (χ0v) is 12.7. The van der Waals surface area contributed by atoms with E-state index in [1.54, 1.807) is 6.20 Å². The molecule has 1 aromatic heterocycles. The quantitative estimate of drug-likeness (QED) is 0.876. The predicted molar refractivity (Wildman–Crippen MR) is 83.6 cm³/mol. The maximum absolute atomic E-state index is 6.14. The van der Waals surface area contributed by atoms with E-state index in [1.807, 2.05) is 24.3 Å². The molecule has 100 valence electrons. The molecule has 0 aliphatic carbocycles. The fourth-order valence-corrected chi connectivity index (χ4v) is 2.49. The molecule has 1 aromatic carbocycles. The molecule has 0 spiro atoms. The molecule has 0 amide bonds. The summed E-state index contributed by atoms with van der Waals surface area (Å²) in [6.45, 7) is 0.517. The molecule has 19 heavy (non-hydrogen) atoms. The summed E-state index contributed by atoms with van der Waals surface area (Å²) < 4.78 is 0.857. The van der Waals surface area contributed by atoms with Gasteiger partial charge in [-0.05, 0) is 34.0 Å². The van der Waals surface area contributed by atoms with Gasteiger partial charge in [0.15, 0.2) is 0 Å². The molecule has 5 heteroatoms. The average molecular weight is 341 g/mol. The summed E-state index contributed by atoms with van der Waals surface area (Å²) in [7, 11) is 0. The van der Waals surface area contributed by atoms with Gasteiger partial charge in [0, 0.05) is 23.3 Å². The molecule has 3 N–H and O–H groups in total. The van der Waals surface area contributed by atoms with Crippen molar-refractivity contribution >= 4 is 33.3 Å². The van der Waals surface area contributed by atoms with Gasteiger partial charge >= 0.3 is 0 Å². The number of pyridine rings is 1. The summed E-state index contributed by atoms with van der Waals surface area (Å²) in [6.07, 6.45) is 2.55. The molecule has 1 unspecified atom stereocenters. The second-order valence-electron chi connectivity index (χ2n) is 4.25. The van der Waals surface area contributed by atoms with E-state index >= 15 is 0 Å². The van der Waals surface area contributed by atoms with Gasteiger partial charge < -0.3 is 11.1 Å². The lowest BCUT2D eigenvalue weighted by Gasteiger charge is -2.18. The molecule has 0 aliphatic rings. The molecule has 1 atom stereocenters. The van der Waals surface area contributed by atoms with Crippen LogP contribution in [0.2, 0.25) is 5.02 Å². The first-order chi connectivity index (χ1) is 9.19. The van der Waals surface area contributed by atoms with Crippen LogP contribution in [0.3, 0.4) is 0 Å². The lowest BCUT2D eigenvalue weighted by Crippen LogP contribution is -2.31. The molecular formula is C14H15BrClN3. The van der Waals surface area contributed by atoms with E-state index < -0.39 is 0 Å². The van der Waals surface area contributed by atoms with Crippen molar-refractivity contribution in [2.45, 2.75) is 12.5 Å². The van der Waals surface area contributed by atoms with Crippen LogP contribution in [0.15, 0.2) is 47.1 Å². The lowest BCUT2D eigenvalue weighted by molar-refractivity contribution is 0.720. The van der Waals surface area contributed by atoms with Gasteiger partial charge in [-0.15, -0.1) is 0 Å². The van der Waals surface area contributed by atoms with Crippen LogP contribution in [0.5, 0.6) is 0 Å². The van der Waals surface area contributed by atoms with E-state index in [4.69, 9.17) is 17.3 Å². The normalized spacial score (nSPS) is 12.2. The molecule has 3 nitrogen and oxygen atoms in total. The number of halogens is 2. The molecule has 1 heterocycles. The molecule has 2 aromatic rings. The Labute approximate surface area is 126 Å². The van der Waals surface area contributed by atoms with Crippen LogP contribution in [0.1, 0.15) is 5.56 Å². The van der Waals surface area contributed by atoms with Crippen molar-refractivity contribution in [3.8, 4) is 0 Å². The van der Waals surface area contributed by atoms with Gasteiger partial charge in [0.25, 0.3) is 0 Å². The van der Waals surface area contributed by atoms with Gasteiger partial charge in [-0.1, -0.05) is 41.9 Å². The Hall–Kier alpha value is -1.10. The Morgan fingerprint density at radius 1 is 1.32 bits per heavy atom. The van der Waals surface area contributed by atoms with Gasteiger partial charge in [-0.2, -0.15) is 0 Å². The standard InChI is InChI=1S/C14H15BrClN3/c15-11-7-13(16)14(18-9-11)19-12(8-17)6-10-4-2-1-3-5-10/h1-5,7,9,12H,6,8,17H2,(H,18,19). The molecule has 0 bridgehead atoms. The summed E-state index contributed by atoms with van der Waals surface area (Å²) in [4.78, 5) is 4.26. The van der Waals surface area contributed by atoms with Crippen molar-refractivity contribution in [2.75, 3.05) is 11.9 Å². The average Bonchev–Trinajstić information content (AvgIpc) is 2.42. The van der Waals surface area contributed by atoms with Crippen LogP contribution in [0, 0.1) is 0 Å². The fraction of sp³-hybridized carbons (Fsp3) is 0.214. The Morgan fingerprint density at radius 2 is 2.05 bits per heavy atom. The van der Waals surface area contributed by atoms with E-state index in [-0.39, 0.29) is 6.04 Å². The number of anilines is 1. The minimum absolute atomic E-state index is 0.105. The minimum Gasteiger partial charge on any atom is -0.364 e. The van der Waals surface area contributed by atoms with Crippen molar-refractivity contribution in [2.24, 2.45) is 5.73 Å². The van der Waals surface area contributed by atoms with Crippen LogP contribution in [-0.2, 0) is 6.42 Å². The van der Waals surface area contributed by atoms with Crippen LogP contribution in [-0.4, -0.2) is 17.6 Å². The second-order valence-corrected chi connectivity index (χ2v) is 5.57. The highest BCUT2D eigenvalue weighted by atomic mass is 79.9. The highest BCUT2D eigenvalue weighted by Gasteiger charge is 2.10. The third-order valence-corrected chi connectivity index (χ3v) is 3.48. The number of aromatic nitrogens is 1. The Kier molecular flexibility index (Phi) is 5.19. The van der Waals surface area contributed by atoms with Crippen LogP contribution < -0.4 is 11.1 Å². The van der Waals surface area contributed by atoms with E-state index in [0.717, 1.165) is 10.9 Å². The topological polar surface area (TPSA) is 50.9 Å². The van der Waals surface area contributed by atoms with Gasteiger partial charge in [-0.25, -0.2) is 4.98 Å². The Bertz CT molecular complexity index is 533. The molecule has 0 fully saturated rings. The van der Waals surface area contributed by atoms with Gasteiger partial charge in [0.1, 0.15) is 5.82 Å². The van der Waals surface area contributed by atoms with Crippen molar-refractivity contribution in [1.29, 1.82) is 0 Å². The van der Waals surface area contributed by atoms with Crippen molar-refractivity contribution in [3.05, 3.63) is 57.7 Å². The first kappa shape index (κ1) is 14.3. The smallest absolute Gasteiger partial charge is 0.145 e. The summed E-state index contributed by atoms with van der Waals surface area (Å²) in [5.74, 6) is 0.663. The zero-order chi connectivity index (χ0) is 13.7. The number of nitrogens with two attached hydrogens (primary N) is 1. The maximum atomic E-state index is 6.14. The second kappa shape index (κ2) is 6.89. The van der Waals surface area contributed by atoms with Crippen LogP contribution in [0.25, 0.3) is 0 Å². The molecular weight excluding hydrogens is 326 g/mol. The number of nitrogens with zero attached hydrogens (tertiary/aromatic N) is 1. The fourth-order valence-electron chi connectivity index (χ4n) is 1.81. The lowest BCUT2D eigenvalue weighted by atomic mass is 10.1. The molecule has 0 saturated heterocycles. The van der Waals surface area contributed by atoms with Crippen molar-refractivity contribution < 1.29 is 0 Å². The van der Waals surface area contributed by atoms with E-state index in [9.17, 15) is 0 Å². The number of hydrogen-bond donors (Lipinski definition) is 2. The summed E-state index contributed by atoms with van der Waals surface area (Å²) in [6, 6.07) is 12.1. The van der Waals surface area contributed by atoms with Gasteiger partial charge in [0.2, 0.25) is 0 Å². The van der Waals surface area contributed by atoms with E-state index in [2.05, 4.69) is 38.4 Å². The summed E-state index contributed by atoms with van der Waals surface area (Å²) in [5.41, 5.74) is 7.04. The monoisotopic (exact) mass is 339 g/mol. The SMILES string of the molecule is NCC(Cc1ccccc1)Nc1ncc(Br)cc1Cl. The molecule has 0 aliphatic heterocycles. The predicted octanol–water partition coefficient (Wildman–Crippen LogP) is 3.48. The largest absolute Gasteiger partial charge is 0.364 e. The highest BCUT2D eigenvalue weighted by Crippen LogP contribution is 2.23. The van der Waals surface area contributed by atoms with Crippen molar-refractivity contribution in [3.63, 3.8) is 0 Å². The van der Waals surface area contributed by atoms with Crippen LogP contribution >= 0.6 is 27.5 Å². The third kappa shape index (κ3) is 4.20. The third-order valence-electron chi connectivity index (χ3n) is 2.76. The van der Waals surface area contributed by atoms with Gasteiger partial charge in [-0.3, -0.25) is 0 Å². The number of rotatable bonds is 5. The molecule has 0 radical (unpaired) electrons. The van der Waals surface area contributed by atoms with E-state index in [0.29, 0.717) is 17.4 Å². The molecule has 2 rings (SSSR count). The summed E-state index contributed by atoms with van der Waals surface area (Å²) >= 11 is 9.47. The Morgan fingerprint density at radius 3 is 2.68 bits per heavy atom. The molecule has 0 saturated carbocycles. The zero-order valence-electron chi connectivity index (χ0n) is 10.3. The first-order valence-electron chi connectivity index (χ1n) is 6.00. The number of nitrogens with one attached hydrogen (secondary N) is 1. The summed E-state index contributed by atoms with van der Waals surface area (Å²) in [5, 5.41) is 3.87. The van der Waals surface area contributed by atoms with Gasteiger partial charge in [0.05, 0.1) is 5.02 Å². The minimum atomic E-state index is 0.105. The first-order valence-corrected chi connectivity index (χ1v) is 7.17. The van der Waals surface area contributed by atoms with Crippen LogP contribution in [0.4, 0.5) is 5.82 Å². The Balaban J connectivity index is 2.06. The van der Waals surface area contributed by atoms with Crippen molar-refractivity contribution in [1.82, 2.24) is 4.98 Å².